The third kappa shape index (κ3) is 4.43. The molecule has 2 aliphatic heterocycles. The third-order valence-electron chi connectivity index (χ3n) is 5.72. The number of alkyl halides is 4. The molecule has 0 aromatic heterocycles. The van der Waals surface area contributed by atoms with E-state index >= 15 is 0 Å². The number of piperazine rings is 1. The van der Waals surface area contributed by atoms with Gasteiger partial charge in [-0.1, -0.05) is 0 Å². The van der Waals surface area contributed by atoms with E-state index in [1.807, 2.05) is 4.90 Å². The number of rotatable bonds is 3. The Kier molecular flexibility index (Phi) is 5.98. The lowest BCUT2D eigenvalue weighted by atomic mass is 9.81. The van der Waals surface area contributed by atoms with E-state index in [0.717, 1.165) is 0 Å². The van der Waals surface area contributed by atoms with E-state index in [2.05, 4.69) is 10.9 Å². The normalized spacial score (nSPS) is 34.7. The van der Waals surface area contributed by atoms with E-state index in [4.69, 9.17) is 11.6 Å². The van der Waals surface area contributed by atoms with Crippen molar-refractivity contribution in [1.29, 1.82) is 0 Å². The molecule has 3 aliphatic rings. The minimum absolute atomic E-state index is 0.0518. The van der Waals surface area contributed by atoms with Crippen molar-refractivity contribution in [2.45, 2.75) is 43.3 Å². The van der Waals surface area contributed by atoms with Crippen LogP contribution in [0.2, 0.25) is 0 Å². The molecule has 148 valence electrons. The van der Waals surface area contributed by atoms with Crippen LogP contribution in [0.25, 0.3) is 0 Å². The standard InChI is InChI=1S/C16H24ClF3N4O2/c17-14-12(7-21-22-15(14)26)23-5-6-24(13(25)9-23)8-10-1-3-11(4-2-10)16(18,19)20/h10-12,14,21H,1-9H2,(H,22,26). The second-order valence-corrected chi connectivity index (χ2v) is 7.88. The summed E-state index contributed by atoms with van der Waals surface area (Å²) in [5.41, 5.74) is 5.24. The number of amides is 2. The molecule has 2 heterocycles. The lowest BCUT2D eigenvalue weighted by molar-refractivity contribution is -0.184. The van der Waals surface area contributed by atoms with Crippen LogP contribution in [0.5, 0.6) is 0 Å². The molecule has 1 saturated carbocycles. The van der Waals surface area contributed by atoms with E-state index in [0.29, 0.717) is 39.0 Å². The molecule has 1 aliphatic carbocycles. The van der Waals surface area contributed by atoms with E-state index in [1.54, 1.807) is 4.90 Å². The first-order valence-electron chi connectivity index (χ1n) is 9.01. The van der Waals surface area contributed by atoms with Crippen molar-refractivity contribution in [1.82, 2.24) is 20.7 Å². The van der Waals surface area contributed by atoms with Gasteiger partial charge in [0, 0.05) is 32.2 Å². The summed E-state index contributed by atoms with van der Waals surface area (Å²) in [7, 11) is 0. The summed E-state index contributed by atoms with van der Waals surface area (Å²) in [5.74, 6) is -1.42. The van der Waals surface area contributed by atoms with E-state index in [9.17, 15) is 22.8 Å². The average Bonchev–Trinajstić information content (AvgIpc) is 2.59. The van der Waals surface area contributed by atoms with Gasteiger partial charge in [0.25, 0.3) is 5.91 Å². The van der Waals surface area contributed by atoms with Gasteiger partial charge in [-0.05, 0) is 31.6 Å². The number of carbonyl (C=O) groups excluding carboxylic acids is 2. The molecule has 6 nitrogen and oxygen atoms in total. The third-order valence-corrected chi connectivity index (χ3v) is 6.21. The molecule has 3 rings (SSSR count). The van der Waals surface area contributed by atoms with Crippen molar-refractivity contribution in [3.8, 4) is 0 Å². The molecule has 2 N–H and O–H groups in total. The van der Waals surface area contributed by atoms with Crippen LogP contribution in [0, 0.1) is 11.8 Å². The molecular weight excluding hydrogens is 373 g/mol. The van der Waals surface area contributed by atoms with Crippen LogP contribution in [0.4, 0.5) is 13.2 Å². The maximum absolute atomic E-state index is 12.8. The number of hydrogen-bond acceptors (Lipinski definition) is 4. The minimum atomic E-state index is -4.11. The zero-order valence-corrected chi connectivity index (χ0v) is 15.2. The highest BCUT2D eigenvalue weighted by molar-refractivity contribution is 6.31. The van der Waals surface area contributed by atoms with Crippen LogP contribution in [0.1, 0.15) is 25.7 Å². The molecule has 2 amide bonds. The van der Waals surface area contributed by atoms with Gasteiger partial charge in [-0.25, -0.2) is 5.43 Å². The monoisotopic (exact) mass is 396 g/mol. The van der Waals surface area contributed by atoms with Gasteiger partial charge in [0.05, 0.1) is 12.5 Å². The second-order valence-electron chi connectivity index (χ2n) is 7.41. The highest BCUT2D eigenvalue weighted by Gasteiger charge is 2.42. The molecule has 0 aromatic carbocycles. The molecule has 10 heteroatoms. The highest BCUT2D eigenvalue weighted by atomic mass is 35.5. The zero-order valence-electron chi connectivity index (χ0n) is 14.4. The molecule has 2 saturated heterocycles. The van der Waals surface area contributed by atoms with Crippen molar-refractivity contribution in [3.05, 3.63) is 0 Å². The molecule has 0 radical (unpaired) electrons. The van der Waals surface area contributed by atoms with Gasteiger partial charge in [0.2, 0.25) is 5.91 Å². The Balaban J connectivity index is 1.48. The smallest absolute Gasteiger partial charge is 0.340 e. The summed E-state index contributed by atoms with van der Waals surface area (Å²) in [5, 5.41) is -0.715. The van der Waals surface area contributed by atoms with Crippen LogP contribution >= 0.6 is 11.6 Å². The van der Waals surface area contributed by atoms with Crippen molar-refractivity contribution in [3.63, 3.8) is 0 Å². The summed E-state index contributed by atoms with van der Waals surface area (Å²) in [6, 6.07) is -0.251. The van der Waals surface area contributed by atoms with Gasteiger partial charge in [-0.3, -0.25) is 19.9 Å². The number of hydrazine groups is 1. The van der Waals surface area contributed by atoms with E-state index < -0.39 is 17.5 Å². The van der Waals surface area contributed by atoms with Crippen molar-refractivity contribution >= 4 is 23.4 Å². The lowest BCUT2D eigenvalue weighted by Crippen LogP contribution is -2.65. The van der Waals surface area contributed by atoms with Gasteiger partial charge in [-0.2, -0.15) is 13.2 Å². The van der Waals surface area contributed by atoms with E-state index in [1.165, 1.54) is 0 Å². The fourth-order valence-corrected chi connectivity index (χ4v) is 4.39. The summed E-state index contributed by atoms with van der Waals surface area (Å²) in [6.07, 6.45) is -2.79. The fourth-order valence-electron chi connectivity index (χ4n) is 4.09. The number of carbonyl (C=O) groups is 2. The van der Waals surface area contributed by atoms with Crippen LogP contribution in [-0.4, -0.2) is 71.9 Å². The molecule has 2 atom stereocenters. The first kappa shape index (κ1) is 19.7. The fraction of sp³-hybridized carbons (Fsp3) is 0.875. The van der Waals surface area contributed by atoms with Crippen LogP contribution in [0.15, 0.2) is 0 Å². The number of nitrogens with zero attached hydrogens (tertiary/aromatic N) is 2. The predicted molar refractivity (Wildman–Crippen MR) is 89.2 cm³/mol. The SMILES string of the molecule is O=C1NNCC(N2CCN(CC3CCC(C(F)(F)F)CC3)C(=O)C2)C1Cl. The average molecular weight is 397 g/mol. The van der Waals surface area contributed by atoms with Crippen molar-refractivity contribution in [2.24, 2.45) is 11.8 Å². The van der Waals surface area contributed by atoms with E-state index in [-0.39, 0.29) is 43.2 Å². The first-order chi connectivity index (χ1) is 12.3. The zero-order chi connectivity index (χ0) is 18.9. The molecule has 0 aromatic rings. The number of halogens is 4. The molecule has 2 unspecified atom stereocenters. The Morgan fingerprint density at radius 1 is 1.12 bits per heavy atom. The van der Waals surface area contributed by atoms with Crippen molar-refractivity contribution < 1.29 is 22.8 Å². The Hall–Kier alpha value is -1.06. The summed E-state index contributed by atoms with van der Waals surface area (Å²) in [6.45, 7) is 2.28. The minimum Gasteiger partial charge on any atom is -0.340 e. The molecule has 0 bridgehead atoms. The summed E-state index contributed by atoms with van der Waals surface area (Å²) < 4.78 is 38.3. The predicted octanol–water partition coefficient (Wildman–Crippen LogP) is 1.11. The Morgan fingerprint density at radius 3 is 2.42 bits per heavy atom. The van der Waals surface area contributed by atoms with Gasteiger partial charge in [0.15, 0.2) is 0 Å². The molecular formula is C16H24ClF3N4O2. The Labute approximate surface area is 155 Å². The van der Waals surface area contributed by atoms with Crippen molar-refractivity contribution in [2.75, 3.05) is 32.7 Å². The van der Waals surface area contributed by atoms with Gasteiger partial charge >= 0.3 is 6.18 Å². The Morgan fingerprint density at radius 2 is 1.81 bits per heavy atom. The summed E-state index contributed by atoms with van der Waals surface area (Å²) >= 11 is 6.15. The quantitative estimate of drug-likeness (QED) is 0.701. The number of nitrogens with one attached hydrogen (secondary N) is 2. The second kappa shape index (κ2) is 7.90. The topological polar surface area (TPSA) is 64.7 Å². The first-order valence-corrected chi connectivity index (χ1v) is 9.44. The van der Waals surface area contributed by atoms with Crippen LogP contribution in [0.3, 0.4) is 0 Å². The number of hydrogen-bond donors (Lipinski definition) is 2. The van der Waals surface area contributed by atoms with Gasteiger partial charge in [0.1, 0.15) is 5.38 Å². The largest absolute Gasteiger partial charge is 0.391 e. The lowest BCUT2D eigenvalue weighted by Gasteiger charge is -2.42. The van der Waals surface area contributed by atoms with Gasteiger partial charge < -0.3 is 4.90 Å². The molecule has 26 heavy (non-hydrogen) atoms. The maximum Gasteiger partial charge on any atom is 0.391 e. The molecule has 0 spiro atoms. The maximum atomic E-state index is 12.8. The summed E-state index contributed by atoms with van der Waals surface area (Å²) in [4.78, 5) is 27.8. The highest BCUT2D eigenvalue weighted by Crippen LogP contribution is 2.39. The molecule has 3 fully saturated rings. The van der Waals surface area contributed by atoms with Crippen LogP contribution < -0.4 is 10.9 Å². The Bertz CT molecular complexity index is 540. The van der Waals surface area contributed by atoms with Crippen LogP contribution in [-0.2, 0) is 9.59 Å². The van der Waals surface area contributed by atoms with Gasteiger partial charge in [-0.15, -0.1) is 11.6 Å².